The highest BCUT2D eigenvalue weighted by Gasteiger charge is 2.52. The van der Waals surface area contributed by atoms with Crippen molar-refractivity contribution in [2.45, 2.75) is 97.9 Å². The van der Waals surface area contributed by atoms with Crippen molar-refractivity contribution in [2.24, 2.45) is 17.3 Å². The maximum absolute atomic E-state index is 9.85. The number of aliphatic hydroxyl groups excluding tert-OH is 1. The van der Waals surface area contributed by atoms with Crippen molar-refractivity contribution in [1.29, 1.82) is 0 Å². The van der Waals surface area contributed by atoms with E-state index >= 15 is 0 Å². The van der Waals surface area contributed by atoms with Crippen LogP contribution in [0.2, 0.25) is 0 Å². The molecule has 0 aromatic heterocycles. The highest BCUT2D eigenvalue weighted by molar-refractivity contribution is 5.01. The Labute approximate surface area is 141 Å². The molecule has 0 bridgehead atoms. The minimum Gasteiger partial charge on any atom is -0.390 e. The van der Waals surface area contributed by atoms with Crippen molar-refractivity contribution in [3.05, 3.63) is 0 Å². The molecule has 23 heavy (non-hydrogen) atoms. The summed E-state index contributed by atoms with van der Waals surface area (Å²) < 4.78 is 17.7. The van der Waals surface area contributed by atoms with Crippen LogP contribution in [-0.2, 0) is 14.2 Å². The molecule has 136 valence electrons. The first-order valence-electron chi connectivity index (χ1n) is 9.37. The summed E-state index contributed by atoms with van der Waals surface area (Å²) in [4.78, 5) is 0. The SMILES string of the molecule is CCOC(C)[C@@H]1C[C@@]1(C)CC[C@@H](C)O[C@@H]1O[C@@H](C)[C@H](O)C[C@H]1C. The lowest BCUT2D eigenvalue weighted by Crippen LogP contribution is -2.44. The van der Waals surface area contributed by atoms with Crippen LogP contribution in [-0.4, -0.2) is 42.4 Å². The van der Waals surface area contributed by atoms with E-state index in [0.717, 1.165) is 19.4 Å². The molecule has 1 saturated carbocycles. The molecule has 1 aliphatic carbocycles. The summed E-state index contributed by atoms with van der Waals surface area (Å²) in [5, 5.41) is 9.85. The van der Waals surface area contributed by atoms with Crippen molar-refractivity contribution in [3.8, 4) is 0 Å². The third kappa shape index (κ3) is 4.91. The van der Waals surface area contributed by atoms with Gasteiger partial charge in [0.25, 0.3) is 0 Å². The molecule has 0 aromatic rings. The first-order valence-corrected chi connectivity index (χ1v) is 9.37. The zero-order valence-corrected chi connectivity index (χ0v) is 15.7. The minimum atomic E-state index is -0.369. The van der Waals surface area contributed by atoms with Gasteiger partial charge < -0.3 is 19.3 Å². The van der Waals surface area contributed by atoms with E-state index in [1.165, 1.54) is 12.8 Å². The van der Waals surface area contributed by atoms with E-state index in [1.807, 2.05) is 6.92 Å². The molecule has 1 saturated heterocycles. The van der Waals surface area contributed by atoms with Gasteiger partial charge in [-0.3, -0.25) is 0 Å². The van der Waals surface area contributed by atoms with E-state index in [4.69, 9.17) is 14.2 Å². The smallest absolute Gasteiger partial charge is 0.161 e. The number of hydrogen-bond donors (Lipinski definition) is 1. The molecule has 8 atom stereocenters. The average Bonchev–Trinajstić information content (AvgIpc) is 3.16. The summed E-state index contributed by atoms with van der Waals surface area (Å²) in [5.74, 6) is 0.931. The average molecular weight is 328 g/mol. The molecule has 0 amide bonds. The van der Waals surface area contributed by atoms with Gasteiger partial charge in [0.15, 0.2) is 6.29 Å². The van der Waals surface area contributed by atoms with Crippen LogP contribution in [0.1, 0.15) is 67.2 Å². The van der Waals surface area contributed by atoms with Crippen molar-refractivity contribution in [3.63, 3.8) is 0 Å². The Bertz CT molecular complexity index is 374. The van der Waals surface area contributed by atoms with Crippen LogP contribution in [0.15, 0.2) is 0 Å². The zero-order chi connectivity index (χ0) is 17.2. The van der Waals surface area contributed by atoms with E-state index in [0.29, 0.717) is 17.4 Å². The normalized spacial score (nSPS) is 43.2. The van der Waals surface area contributed by atoms with Crippen LogP contribution >= 0.6 is 0 Å². The van der Waals surface area contributed by atoms with Crippen LogP contribution < -0.4 is 0 Å². The molecule has 1 N–H and O–H groups in total. The Kier molecular flexibility index (Phi) is 6.51. The van der Waals surface area contributed by atoms with E-state index < -0.39 is 0 Å². The molecule has 4 heteroatoms. The number of ether oxygens (including phenoxy) is 3. The number of hydrogen-bond acceptors (Lipinski definition) is 4. The number of rotatable bonds is 8. The van der Waals surface area contributed by atoms with Crippen LogP contribution in [0.4, 0.5) is 0 Å². The summed E-state index contributed by atoms with van der Waals surface area (Å²) in [5.41, 5.74) is 0.411. The van der Waals surface area contributed by atoms with Gasteiger partial charge in [0.1, 0.15) is 0 Å². The van der Waals surface area contributed by atoms with Crippen molar-refractivity contribution in [2.75, 3.05) is 6.61 Å². The molecule has 0 aromatic carbocycles. The van der Waals surface area contributed by atoms with E-state index in [1.54, 1.807) is 0 Å². The molecule has 2 rings (SSSR count). The maximum atomic E-state index is 9.85. The molecule has 1 aliphatic heterocycles. The summed E-state index contributed by atoms with van der Waals surface area (Å²) in [7, 11) is 0. The van der Waals surface area contributed by atoms with E-state index in [2.05, 4.69) is 34.6 Å². The fourth-order valence-electron chi connectivity index (χ4n) is 3.96. The lowest BCUT2D eigenvalue weighted by Gasteiger charge is -2.37. The first-order chi connectivity index (χ1) is 10.8. The third-order valence-corrected chi connectivity index (χ3v) is 5.87. The van der Waals surface area contributed by atoms with Gasteiger partial charge in [0.05, 0.1) is 24.4 Å². The molecule has 1 heterocycles. The molecule has 2 fully saturated rings. The van der Waals surface area contributed by atoms with Gasteiger partial charge in [0, 0.05) is 12.5 Å². The van der Waals surface area contributed by atoms with Gasteiger partial charge >= 0.3 is 0 Å². The Balaban J connectivity index is 1.72. The highest BCUT2D eigenvalue weighted by atomic mass is 16.7. The highest BCUT2D eigenvalue weighted by Crippen LogP contribution is 2.58. The van der Waals surface area contributed by atoms with Gasteiger partial charge in [-0.25, -0.2) is 0 Å². The third-order valence-electron chi connectivity index (χ3n) is 5.87. The van der Waals surface area contributed by atoms with Crippen molar-refractivity contribution >= 4 is 0 Å². The Hall–Kier alpha value is -0.160. The van der Waals surface area contributed by atoms with Crippen LogP contribution in [0.5, 0.6) is 0 Å². The summed E-state index contributed by atoms with van der Waals surface area (Å²) in [6, 6.07) is 0. The monoisotopic (exact) mass is 328 g/mol. The Morgan fingerprint density at radius 2 is 2.00 bits per heavy atom. The predicted molar refractivity (Wildman–Crippen MR) is 91.2 cm³/mol. The molecule has 2 aliphatic rings. The lowest BCUT2D eigenvalue weighted by atomic mass is 9.95. The lowest BCUT2D eigenvalue weighted by molar-refractivity contribution is -0.255. The second-order valence-electron chi connectivity index (χ2n) is 8.10. The van der Waals surface area contributed by atoms with Gasteiger partial charge in [-0.1, -0.05) is 13.8 Å². The molecule has 1 unspecified atom stereocenters. The minimum absolute atomic E-state index is 0.138. The van der Waals surface area contributed by atoms with Crippen LogP contribution in [0, 0.1) is 17.3 Å². The standard InChI is InChI=1S/C19H36O4/c1-7-21-14(4)16-11-19(16,6)9-8-13(3)22-18-12(2)10-17(20)15(5)23-18/h12-18,20H,7-11H2,1-6H3/t12-,13-,14?,15+,16+,17-,18-,19-/m1/s1. The molecular weight excluding hydrogens is 292 g/mol. The quantitative estimate of drug-likeness (QED) is 0.737. The predicted octanol–water partition coefficient (Wildman–Crippen LogP) is 3.75. The fourth-order valence-corrected chi connectivity index (χ4v) is 3.96. The number of aliphatic hydroxyl groups is 1. The molecule has 0 radical (unpaired) electrons. The topological polar surface area (TPSA) is 47.9 Å². The summed E-state index contributed by atoms with van der Waals surface area (Å²) in [6.45, 7) is 13.6. The van der Waals surface area contributed by atoms with E-state index in [-0.39, 0.29) is 30.5 Å². The van der Waals surface area contributed by atoms with Gasteiger partial charge in [0.2, 0.25) is 0 Å². The van der Waals surface area contributed by atoms with E-state index in [9.17, 15) is 5.11 Å². The van der Waals surface area contributed by atoms with Gasteiger partial charge in [-0.2, -0.15) is 0 Å². The zero-order valence-electron chi connectivity index (χ0n) is 15.7. The molecule has 4 nitrogen and oxygen atoms in total. The maximum Gasteiger partial charge on any atom is 0.161 e. The van der Waals surface area contributed by atoms with Crippen molar-refractivity contribution in [1.82, 2.24) is 0 Å². The molecular formula is C19H36O4. The first kappa shape index (κ1) is 19.2. The summed E-state index contributed by atoms with van der Waals surface area (Å²) in [6.07, 6.45) is 4.10. The molecule has 0 spiro atoms. The van der Waals surface area contributed by atoms with Crippen LogP contribution in [0.3, 0.4) is 0 Å². The fraction of sp³-hybridized carbons (Fsp3) is 1.00. The van der Waals surface area contributed by atoms with Gasteiger partial charge in [-0.15, -0.1) is 0 Å². The van der Waals surface area contributed by atoms with Crippen LogP contribution in [0.25, 0.3) is 0 Å². The van der Waals surface area contributed by atoms with Crippen molar-refractivity contribution < 1.29 is 19.3 Å². The van der Waals surface area contributed by atoms with Gasteiger partial charge in [-0.05, 0) is 64.7 Å². The Morgan fingerprint density at radius 1 is 1.30 bits per heavy atom. The second kappa shape index (κ2) is 7.81. The second-order valence-corrected chi connectivity index (χ2v) is 8.10. The Morgan fingerprint density at radius 3 is 2.65 bits per heavy atom. The summed E-state index contributed by atoms with van der Waals surface area (Å²) >= 11 is 0. The largest absolute Gasteiger partial charge is 0.390 e.